The number of anilines is 1. The topological polar surface area (TPSA) is 85.1 Å². The first-order chi connectivity index (χ1) is 10.1. The van der Waals surface area contributed by atoms with Gasteiger partial charge in [-0.25, -0.2) is 0 Å². The van der Waals surface area contributed by atoms with E-state index >= 15 is 0 Å². The van der Waals surface area contributed by atoms with E-state index in [9.17, 15) is 9.59 Å². The lowest BCUT2D eigenvalue weighted by Gasteiger charge is -2.05. The fraction of sp³-hybridized carbons (Fsp3) is 0.333. The third-order valence-corrected chi connectivity index (χ3v) is 3.29. The van der Waals surface area contributed by atoms with Gasteiger partial charge in [-0.3, -0.25) is 9.59 Å². The van der Waals surface area contributed by atoms with Crippen molar-refractivity contribution in [3.63, 3.8) is 0 Å². The quantitative estimate of drug-likeness (QED) is 0.851. The van der Waals surface area contributed by atoms with Crippen molar-refractivity contribution >= 4 is 17.4 Å². The summed E-state index contributed by atoms with van der Waals surface area (Å²) in [6.45, 7) is 1.67. The summed E-state index contributed by atoms with van der Waals surface area (Å²) in [5.41, 5.74) is 1.34. The molecule has 1 fully saturated rings. The summed E-state index contributed by atoms with van der Waals surface area (Å²) in [7, 11) is 0. The molecule has 3 rings (SSSR count). The predicted molar refractivity (Wildman–Crippen MR) is 74.9 cm³/mol. The summed E-state index contributed by atoms with van der Waals surface area (Å²) in [6.07, 6.45) is 2.03. The van der Waals surface area contributed by atoms with Gasteiger partial charge in [0.05, 0.1) is 6.42 Å². The third kappa shape index (κ3) is 3.34. The van der Waals surface area contributed by atoms with Crippen molar-refractivity contribution in [2.75, 3.05) is 5.32 Å². The number of carbonyl (C=O) groups is 2. The molecular formula is C15H15N3O3. The van der Waals surface area contributed by atoms with Crippen molar-refractivity contribution in [3.8, 4) is 0 Å². The second-order valence-electron chi connectivity index (χ2n) is 5.17. The zero-order valence-corrected chi connectivity index (χ0v) is 11.6. The maximum atomic E-state index is 11.9. The van der Waals surface area contributed by atoms with Crippen LogP contribution in [0.1, 0.15) is 34.9 Å². The number of rotatable bonds is 5. The first kappa shape index (κ1) is 13.5. The Kier molecular flexibility index (Phi) is 3.51. The molecule has 0 aliphatic heterocycles. The summed E-state index contributed by atoms with van der Waals surface area (Å²) < 4.78 is 4.81. The fourth-order valence-electron chi connectivity index (χ4n) is 2.06. The van der Waals surface area contributed by atoms with E-state index in [1.165, 1.54) is 0 Å². The number of aromatic nitrogens is 2. The van der Waals surface area contributed by atoms with Gasteiger partial charge in [0, 0.05) is 24.1 Å². The number of benzene rings is 1. The minimum atomic E-state index is -0.225. The summed E-state index contributed by atoms with van der Waals surface area (Å²) in [5, 5.41) is 6.41. The summed E-state index contributed by atoms with van der Waals surface area (Å²) in [4.78, 5) is 27.7. The molecule has 108 valence electrons. The van der Waals surface area contributed by atoms with Crippen LogP contribution in [-0.2, 0) is 11.2 Å². The van der Waals surface area contributed by atoms with Crippen molar-refractivity contribution < 1.29 is 14.1 Å². The van der Waals surface area contributed by atoms with Crippen molar-refractivity contribution in [1.82, 2.24) is 10.1 Å². The standard InChI is InChI=1S/C15H15N3O3/c1-9-16-13(18-21-9)8-14(19)17-12-6-4-11(5-7-12)15(20)10-2-3-10/h4-7,10H,2-3,8H2,1H3,(H,17,19). The van der Waals surface area contributed by atoms with Gasteiger partial charge in [0.15, 0.2) is 11.6 Å². The van der Waals surface area contributed by atoms with Crippen molar-refractivity contribution in [3.05, 3.63) is 41.5 Å². The van der Waals surface area contributed by atoms with Crippen LogP contribution in [0.3, 0.4) is 0 Å². The lowest BCUT2D eigenvalue weighted by atomic mass is 10.1. The highest BCUT2D eigenvalue weighted by Crippen LogP contribution is 2.32. The van der Waals surface area contributed by atoms with Crippen molar-refractivity contribution in [2.45, 2.75) is 26.2 Å². The second kappa shape index (κ2) is 5.47. The van der Waals surface area contributed by atoms with Crippen LogP contribution in [0.25, 0.3) is 0 Å². The molecular weight excluding hydrogens is 270 g/mol. The Hall–Kier alpha value is -2.50. The number of hydrogen-bond acceptors (Lipinski definition) is 5. The Morgan fingerprint density at radius 2 is 2.00 bits per heavy atom. The van der Waals surface area contributed by atoms with E-state index in [2.05, 4.69) is 15.5 Å². The van der Waals surface area contributed by atoms with Gasteiger partial charge in [-0.2, -0.15) is 4.98 Å². The summed E-state index contributed by atoms with van der Waals surface area (Å²) in [5.74, 6) is 0.949. The first-order valence-corrected chi connectivity index (χ1v) is 6.85. The maximum Gasteiger partial charge on any atom is 0.232 e. The van der Waals surface area contributed by atoms with E-state index in [0.29, 0.717) is 23.0 Å². The van der Waals surface area contributed by atoms with E-state index in [1.807, 2.05) is 0 Å². The molecule has 6 heteroatoms. The fourth-order valence-corrected chi connectivity index (χ4v) is 2.06. The molecule has 1 aliphatic rings. The van der Waals surface area contributed by atoms with Crippen LogP contribution in [0, 0.1) is 12.8 Å². The highest BCUT2D eigenvalue weighted by Gasteiger charge is 2.30. The molecule has 0 unspecified atom stereocenters. The highest BCUT2D eigenvalue weighted by atomic mass is 16.5. The number of aryl methyl sites for hydroxylation is 1. The Bertz CT molecular complexity index is 672. The maximum absolute atomic E-state index is 11.9. The van der Waals surface area contributed by atoms with Gasteiger partial charge in [-0.1, -0.05) is 5.16 Å². The van der Waals surface area contributed by atoms with Gasteiger partial charge in [0.25, 0.3) is 0 Å². The zero-order chi connectivity index (χ0) is 14.8. The van der Waals surface area contributed by atoms with Gasteiger partial charge in [0.1, 0.15) is 0 Å². The molecule has 21 heavy (non-hydrogen) atoms. The number of ketones is 1. The molecule has 6 nitrogen and oxygen atoms in total. The summed E-state index contributed by atoms with van der Waals surface area (Å²) in [6, 6.07) is 6.95. The van der Waals surface area contributed by atoms with Crippen LogP contribution in [0.4, 0.5) is 5.69 Å². The minimum absolute atomic E-state index is 0.0557. The van der Waals surface area contributed by atoms with E-state index < -0.39 is 0 Å². The second-order valence-corrected chi connectivity index (χ2v) is 5.17. The molecule has 1 aromatic carbocycles. The molecule has 0 saturated heterocycles. The molecule has 1 aromatic heterocycles. The Labute approximate surface area is 121 Å². The van der Waals surface area contributed by atoms with Crippen LogP contribution in [0.5, 0.6) is 0 Å². The van der Waals surface area contributed by atoms with Crippen LogP contribution in [0.15, 0.2) is 28.8 Å². The lowest BCUT2D eigenvalue weighted by Crippen LogP contribution is -2.15. The average Bonchev–Trinajstić information content (AvgIpc) is 3.23. The normalized spacial score (nSPS) is 14.0. The molecule has 0 spiro atoms. The molecule has 0 bridgehead atoms. The zero-order valence-electron chi connectivity index (χ0n) is 11.6. The summed E-state index contributed by atoms with van der Waals surface area (Å²) >= 11 is 0. The van der Waals surface area contributed by atoms with Gasteiger partial charge >= 0.3 is 0 Å². The number of amides is 1. The minimum Gasteiger partial charge on any atom is -0.340 e. The van der Waals surface area contributed by atoms with Crippen LogP contribution in [-0.4, -0.2) is 21.8 Å². The Morgan fingerprint density at radius 3 is 2.57 bits per heavy atom. The number of hydrogen-bond donors (Lipinski definition) is 1. The molecule has 1 N–H and O–H groups in total. The SMILES string of the molecule is Cc1nc(CC(=O)Nc2ccc(C(=O)C3CC3)cc2)no1. The van der Waals surface area contributed by atoms with Crippen molar-refractivity contribution in [1.29, 1.82) is 0 Å². The highest BCUT2D eigenvalue weighted by molar-refractivity contribution is 6.00. The van der Waals surface area contributed by atoms with Gasteiger partial charge in [0.2, 0.25) is 11.8 Å². The van der Waals surface area contributed by atoms with Crippen LogP contribution < -0.4 is 5.32 Å². The van der Waals surface area contributed by atoms with E-state index in [4.69, 9.17) is 4.52 Å². The lowest BCUT2D eigenvalue weighted by molar-refractivity contribution is -0.115. The van der Waals surface area contributed by atoms with E-state index in [1.54, 1.807) is 31.2 Å². The number of carbonyl (C=O) groups excluding carboxylic acids is 2. The molecule has 1 amide bonds. The molecule has 1 heterocycles. The molecule has 1 saturated carbocycles. The van der Waals surface area contributed by atoms with E-state index in [0.717, 1.165) is 12.8 Å². The van der Waals surface area contributed by atoms with Crippen molar-refractivity contribution in [2.24, 2.45) is 5.92 Å². The monoisotopic (exact) mass is 285 g/mol. The number of nitrogens with one attached hydrogen (secondary N) is 1. The average molecular weight is 285 g/mol. The van der Waals surface area contributed by atoms with Crippen LogP contribution in [0.2, 0.25) is 0 Å². The number of nitrogens with zero attached hydrogens (tertiary/aromatic N) is 2. The molecule has 1 aliphatic carbocycles. The van der Waals surface area contributed by atoms with Gasteiger partial charge < -0.3 is 9.84 Å². The predicted octanol–water partition coefficient (Wildman–Crippen LogP) is 2.15. The third-order valence-electron chi connectivity index (χ3n) is 3.29. The van der Waals surface area contributed by atoms with Gasteiger partial charge in [-0.05, 0) is 37.1 Å². The molecule has 2 aromatic rings. The largest absolute Gasteiger partial charge is 0.340 e. The Morgan fingerprint density at radius 1 is 1.29 bits per heavy atom. The smallest absolute Gasteiger partial charge is 0.232 e. The molecule has 0 radical (unpaired) electrons. The van der Waals surface area contributed by atoms with Crippen LogP contribution >= 0.6 is 0 Å². The first-order valence-electron chi connectivity index (χ1n) is 6.85. The van der Waals surface area contributed by atoms with Gasteiger partial charge in [-0.15, -0.1) is 0 Å². The molecule has 0 atom stereocenters. The number of Topliss-reactive ketones (excluding diaryl/α,β-unsaturated/α-hetero) is 1. The Balaban J connectivity index is 1.59. The van der Waals surface area contributed by atoms with E-state index in [-0.39, 0.29) is 24.0 Å².